The summed E-state index contributed by atoms with van der Waals surface area (Å²) in [5, 5.41) is 4.24. The molecule has 2 N–H and O–H groups in total. The van der Waals surface area contributed by atoms with E-state index in [0.717, 1.165) is 45.2 Å². The van der Waals surface area contributed by atoms with Gasteiger partial charge in [0.15, 0.2) is 0 Å². The lowest BCUT2D eigenvalue weighted by molar-refractivity contribution is -0.136. The van der Waals surface area contributed by atoms with E-state index in [1.165, 1.54) is 5.56 Å². The second-order valence-electron chi connectivity index (χ2n) is 6.25. The maximum Gasteiger partial charge on any atom is 0.227 e. The Morgan fingerprint density at radius 2 is 2.05 bits per heavy atom. The molecule has 2 heterocycles. The highest BCUT2D eigenvalue weighted by Crippen LogP contribution is 2.31. The van der Waals surface area contributed by atoms with Crippen molar-refractivity contribution in [3.63, 3.8) is 0 Å². The first-order chi connectivity index (χ1) is 9.65. The van der Waals surface area contributed by atoms with Gasteiger partial charge in [0.2, 0.25) is 5.91 Å². The van der Waals surface area contributed by atoms with Gasteiger partial charge in [0, 0.05) is 32.4 Å². The lowest BCUT2D eigenvalue weighted by atomic mass is 9.90. The van der Waals surface area contributed by atoms with E-state index in [9.17, 15) is 4.79 Å². The van der Waals surface area contributed by atoms with Gasteiger partial charge in [0.25, 0.3) is 0 Å². The van der Waals surface area contributed by atoms with Gasteiger partial charge in [-0.1, -0.05) is 6.42 Å². The first kappa shape index (κ1) is 13.6. The Balaban J connectivity index is 1.57. The fraction of sp³-hybridized carbons (Fsp3) is 0.733. The number of carbonyl (C=O) groups excluding carboxylic acids is 1. The zero-order valence-corrected chi connectivity index (χ0v) is 12.2. The molecule has 0 aromatic carbocycles. The van der Waals surface area contributed by atoms with E-state index in [4.69, 9.17) is 5.73 Å². The van der Waals surface area contributed by atoms with E-state index in [2.05, 4.69) is 11.3 Å². The minimum Gasteiger partial charge on any atom is -0.342 e. The summed E-state index contributed by atoms with van der Waals surface area (Å²) in [5.41, 5.74) is 7.35. The van der Waals surface area contributed by atoms with Gasteiger partial charge >= 0.3 is 0 Å². The van der Waals surface area contributed by atoms with Crippen molar-refractivity contribution in [3.05, 3.63) is 18.0 Å². The number of aromatic nitrogens is 2. The molecule has 0 bridgehead atoms. The van der Waals surface area contributed by atoms with Crippen molar-refractivity contribution in [2.45, 2.75) is 44.1 Å². The van der Waals surface area contributed by atoms with Crippen molar-refractivity contribution >= 4 is 5.91 Å². The third-order valence-electron chi connectivity index (χ3n) is 4.89. The number of aryl methyl sites for hydroxylation is 1. The summed E-state index contributed by atoms with van der Waals surface area (Å²) in [4.78, 5) is 14.5. The Labute approximate surface area is 120 Å². The smallest absolute Gasteiger partial charge is 0.227 e. The molecular formula is C15H24N4O. The molecule has 1 amide bonds. The number of carbonyl (C=O) groups is 1. The molecular weight excluding hydrogens is 252 g/mol. The molecule has 1 aliphatic heterocycles. The summed E-state index contributed by atoms with van der Waals surface area (Å²) in [7, 11) is 1.95. The van der Waals surface area contributed by atoms with Crippen LogP contribution < -0.4 is 5.73 Å². The van der Waals surface area contributed by atoms with E-state index in [1.54, 1.807) is 0 Å². The van der Waals surface area contributed by atoms with Crippen LogP contribution >= 0.6 is 0 Å². The average molecular weight is 276 g/mol. The molecule has 20 heavy (non-hydrogen) atoms. The number of rotatable bonds is 2. The molecule has 0 radical (unpaired) electrons. The zero-order valence-electron chi connectivity index (χ0n) is 12.2. The summed E-state index contributed by atoms with van der Waals surface area (Å²) in [6.07, 6.45) is 9.21. The second kappa shape index (κ2) is 5.56. The topological polar surface area (TPSA) is 64.2 Å². The van der Waals surface area contributed by atoms with Crippen molar-refractivity contribution in [2.24, 2.45) is 18.7 Å². The maximum atomic E-state index is 12.5. The monoisotopic (exact) mass is 276 g/mol. The molecule has 110 valence electrons. The van der Waals surface area contributed by atoms with E-state index in [-0.39, 0.29) is 12.0 Å². The Morgan fingerprint density at radius 3 is 2.60 bits per heavy atom. The van der Waals surface area contributed by atoms with Gasteiger partial charge in [0.05, 0.1) is 12.1 Å². The van der Waals surface area contributed by atoms with Crippen LogP contribution in [0.25, 0.3) is 0 Å². The van der Waals surface area contributed by atoms with Gasteiger partial charge in [0.1, 0.15) is 0 Å². The molecule has 1 saturated heterocycles. The van der Waals surface area contributed by atoms with Crippen LogP contribution in [0.3, 0.4) is 0 Å². The Bertz CT molecular complexity index is 476. The van der Waals surface area contributed by atoms with Crippen molar-refractivity contribution in [2.75, 3.05) is 13.1 Å². The fourth-order valence-corrected chi connectivity index (χ4v) is 3.61. The van der Waals surface area contributed by atoms with Crippen LogP contribution in [0.15, 0.2) is 12.4 Å². The minimum absolute atomic E-state index is 0.0740. The average Bonchev–Trinajstić information content (AvgIpc) is 3.07. The van der Waals surface area contributed by atoms with Crippen LogP contribution in [0.5, 0.6) is 0 Å². The second-order valence-corrected chi connectivity index (χ2v) is 6.25. The molecule has 1 aromatic heterocycles. The number of amides is 1. The zero-order chi connectivity index (χ0) is 14.1. The Morgan fingerprint density at radius 1 is 1.30 bits per heavy atom. The highest BCUT2D eigenvalue weighted by molar-refractivity contribution is 5.80. The number of likely N-dealkylation sites (tertiary alicyclic amines) is 1. The molecule has 2 fully saturated rings. The molecule has 1 aromatic rings. The first-order valence-corrected chi connectivity index (χ1v) is 7.68. The normalized spacial score (nSPS) is 28.0. The van der Waals surface area contributed by atoms with E-state index >= 15 is 0 Å². The van der Waals surface area contributed by atoms with Gasteiger partial charge in [-0.3, -0.25) is 9.48 Å². The van der Waals surface area contributed by atoms with E-state index < -0.39 is 0 Å². The standard InChI is InChI=1S/C15H24N4O/c1-18-10-12(9-17-18)11-5-7-19(8-6-11)15(20)13-3-2-4-14(13)16/h9-11,13-14H,2-8,16H2,1H3/t13-,14+/m0/s1. The third-order valence-corrected chi connectivity index (χ3v) is 4.89. The summed E-state index contributed by atoms with van der Waals surface area (Å²) in [5.74, 6) is 0.912. The molecule has 1 saturated carbocycles. The van der Waals surface area contributed by atoms with Crippen molar-refractivity contribution in [3.8, 4) is 0 Å². The van der Waals surface area contributed by atoms with Gasteiger partial charge < -0.3 is 10.6 Å². The minimum atomic E-state index is 0.0740. The molecule has 2 aliphatic rings. The van der Waals surface area contributed by atoms with Gasteiger partial charge in [-0.15, -0.1) is 0 Å². The summed E-state index contributed by atoms with van der Waals surface area (Å²) < 4.78 is 1.85. The first-order valence-electron chi connectivity index (χ1n) is 7.68. The maximum absolute atomic E-state index is 12.5. The number of hydrogen-bond acceptors (Lipinski definition) is 3. The predicted molar refractivity (Wildman–Crippen MR) is 77.1 cm³/mol. The van der Waals surface area contributed by atoms with Gasteiger partial charge in [-0.25, -0.2) is 0 Å². The molecule has 5 heteroatoms. The molecule has 3 rings (SSSR count). The van der Waals surface area contributed by atoms with Crippen LogP contribution in [0.1, 0.15) is 43.6 Å². The number of nitrogens with zero attached hydrogens (tertiary/aromatic N) is 3. The predicted octanol–water partition coefficient (Wildman–Crippen LogP) is 1.25. The lowest BCUT2D eigenvalue weighted by Crippen LogP contribution is -2.45. The molecule has 5 nitrogen and oxygen atoms in total. The van der Waals surface area contributed by atoms with Crippen molar-refractivity contribution in [1.29, 1.82) is 0 Å². The number of piperidine rings is 1. The van der Waals surface area contributed by atoms with Gasteiger partial charge in [-0.2, -0.15) is 5.10 Å². The quantitative estimate of drug-likeness (QED) is 0.884. The fourth-order valence-electron chi connectivity index (χ4n) is 3.61. The molecule has 0 unspecified atom stereocenters. The largest absolute Gasteiger partial charge is 0.342 e. The molecule has 1 aliphatic carbocycles. The molecule has 0 spiro atoms. The summed E-state index contributed by atoms with van der Waals surface area (Å²) >= 11 is 0. The third kappa shape index (κ3) is 2.59. The van der Waals surface area contributed by atoms with Crippen LogP contribution in [0.4, 0.5) is 0 Å². The van der Waals surface area contributed by atoms with Gasteiger partial charge in [-0.05, 0) is 37.2 Å². The SMILES string of the molecule is Cn1cc(C2CCN(C(=O)[C@H]3CCC[C@H]3N)CC2)cn1. The number of hydrogen-bond donors (Lipinski definition) is 1. The molecule has 2 atom stereocenters. The Hall–Kier alpha value is -1.36. The van der Waals surface area contributed by atoms with E-state index in [0.29, 0.717) is 11.8 Å². The highest BCUT2D eigenvalue weighted by atomic mass is 16.2. The summed E-state index contributed by atoms with van der Waals surface area (Å²) in [6.45, 7) is 1.73. The van der Waals surface area contributed by atoms with Crippen LogP contribution in [-0.2, 0) is 11.8 Å². The van der Waals surface area contributed by atoms with Crippen LogP contribution in [0, 0.1) is 5.92 Å². The summed E-state index contributed by atoms with van der Waals surface area (Å²) in [6, 6.07) is 0.0820. The lowest BCUT2D eigenvalue weighted by Gasteiger charge is -2.34. The van der Waals surface area contributed by atoms with Crippen LogP contribution in [0.2, 0.25) is 0 Å². The van der Waals surface area contributed by atoms with E-state index in [1.807, 2.05) is 22.8 Å². The van der Waals surface area contributed by atoms with Crippen molar-refractivity contribution < 1.29 is 4.79 Å². The van der Waals surface area contributed by atoms with Crippen molar-refractivity contribution in [1.82, 2.24) is 14.7 Å². The Kier molecular flexibility index (Phi) is 3.78. The highest BCUT2D eigenvalue weighted by Gasteiger charge is 2.34. The van der Waals surface area contributed by atoms with Crippen LogP contribution in [-0.4, -0.2) is 39.7 Å². The number of nitrogens with two attached hydrogens (primary N) is 1.